The van der Waals surface area contributed by atoms with Gasteiger partial charge < -0.3 is 14.5 Å². The zero-order valence-corrected chi connectivity index (χ0v) is 13.3. The first-order valence-corrected chi connectivity index (χ1v) is 7.84. The molecule has 1 aromatic heterocycles. The normalized spacial score (nSPS) is 20.7. The molecule has 0 radical (unpaired) electrons. The number of carbonyl (C=O) groups is 1. The van der Waals surface area contributed by atoms with Gasteiger partial charge in [0.2, 0.25) is 0 Å². The molecule has 0 bridgehead atoms. The molecule has 2 heterocycles. The van der Waals surface area contributed by atoms with Crippen molar-refractivity contribution in [3.63, 3.8) is 0 Å². The summed E-state index contributed by atoms with van der Waals surface area (Å²) in [6.45, 7) is 2.43. The number of carbonyl (C=O) groups excluding carboxylic acids is 1. The molecule has 22 heavy (non-hydrogen) atoms. The molecule has 1 amide bonds. The summed E-state index contributed by atoms with van der Waals surface area (Å²) in [6.07, 6.45) is 3.79. The second-order valence-corrected chi connectivity index (χ2v) is 6.23. The van der Waals surface area contributed by atoms with Crippen LogP contribution in [0.15, 0.2) is 12.3 Å². The Labute approximate surface area is 134 Å². The fourth-order valence-corrected chi connectivity index (χ4v) is 3.02. The Kier molecular flexibility index (Phi) is 4.23. The highest BCUT2D eigenvalue weighted by Gasteiger charge is 2.52. The van der Waals surface area contributed by atoms with Crippen molar-refractivity contribution in [2.24, 2.45) is 0 Å². The van der Waals surface area contributed by atoms with Gasteiger partial charge >= 0.3 is 0 Å². The maximum atomic E-state index is 14.0. The van der Waals surface area contributed by atoms with Crippen LogP contribution in [0.4, 0.5) is 10.2 Å². The Morgan fingerprint density at radius 3 is 2.77 bits per heavy atom. The van der Waals surface area contributed by atoms with E-state index >= 15 is 0 Å². The van der Waals surface area contributed by atoms with Crippen LogP contribution in [0, 0.1) is 5.82 Å². The summed E-state index contributed by atoms with van der Waals surface area (Å²) < 4.78 is 19.3. The number of halogens is 2. The van der Waals surface area contributed by atoms with Crippen LogP contribution in [0.3, 0.4) is 0 Å². The molecular weight excluding hydrogens is 309 g/mol. The number of anilines is 1. The van der Waals surface area contributed by atoms with E-state index in [1.165, 1.54) is 12.3 Å². The highest BCUT2D eigenvalue weighted by atomic mass is 35.5. The van der Waals surface area contributed by atoms with Crippen molar-refractivity contribution in [2.75, 3.05) is 38.2 Å². The van der Waals surface area contributed by atoms with Gasteiger partial charge in [0, 0.05) is 39.5 Å². The number of amides is 1. The Balaban J connectivity index is 1.68. The third-order valence-corrected chi connectivity index (χ3v) is 4.56. The minimum Gasteiger partial charge on any atom is -0.368 e. The monoisotopic (exact) mass is 327 g/mol. The van der Waals surface area contributed by atoms with E-state index in [9.17, 15) is 9.18 Å². The van der Waals surface area contributed by atoms with Gasteiger partial charge in [-0.15, -0.1) is 0 Å². The van der Waals surface area contributed by atoms with Crippen molar-refractivity contribution in [3.05, 3.63) is 23.1 Å². The average molecular weight is 328 g/mol. The van der Waals surface area contributed by atoms with Crippen LogP contribution in [0.1, 0.15) is 19.3 Å². The lowest BCUT2D eigenvalue weighted by Gasteiger charge is -2.26. The summed E-state index contributed by atoms with van der Waals surface area (Å²) in [5, 5.41) is 0.281. The number of nitrogens with zero attached hydrogens (tertiary/aromatic N) is 3. The number of methoxy groups -OCH3 is 1. The van der Waals surface area contributed by atoms with E-state index in [2.05, 4.69) is 4.98 Å². The van der Waals surface area contributed by atoms with E-state index in [-0.39, 0.29) is 10.9 Å². The fraction of sp³-hybridized carbons (Fsp3) is 0.600. The maximum Gasteiger partial charge on any atom is 0.254 e. The highest BCUT2D eigenvalue weighted by Crippen LogP contribution is 2.40. The lowest BCUT2D eigenvalue weighted by atomic mass is 10.2. The standard InChI is InChI=1S/C15H19ClFN3O2/c1-22-15(3-4-15)14(21)20-6-2-5-19(7-8-20)13-12(17)9-11(16)10-18-13/h9-10H,2-8H2,1H3. The van der Waals surface area contributed by atoms with E-state index in [0.29, 0.717) is 32.0 Å². The van der Waals surface area contributed by atoms with Crippen molar-refractivity contribution in [2.45, 2.75) is 24.9 Å². The van der Waals surface area contributed by atoms with Gasteiger partial charge in [0.25, 0.3) is 5.91 Å². The average Bonchev–Trinajstić information content (AvgIpc) is 3.31. The number of ether oxygens (including phenoxy) is 1. The molecule has 0 atom stereocenters. The highest BCUT2D eigenvalue weighted by molar-refractivity contribution is 6.30. The molecule has 0 unspecified atom stereocenters. The van der Waals surface area contributed by atoms with Crippen LogP contribution in [0.25, 0.3) is 0 Å². The van der Waals surface area contributed by atoms with Gasteiger partial charge in [-0.2, -0.15) is 0 Å². The number of hydrogen-bond acceptors (Lipinski definition) is 4. The molecule has 7 heteroatoms. The molecule has 1 aromatic rings. The molecule has 0 spiro atoms. The third-order valence-electron chi connectivity index (χ3n) is 4.36. The largest absolute Gasteiger partial charge is 0.368 e. The fourth-order valence-electron chi connectivity index (χ4n) is 2.88. The number of rotatable bonds is 3. The van der Waals surface area contributed by atoms with Crippen molar-refractivity contribution in [1.82, 2.24) is 9.88 Å². The quantitative estimate of drug-likeness (QED) is 0.853. The first-order valence-electron chi connectivity index (χ1n) is 7.46. The van der Waals surface area contributed by atoms with E-state index in [4.69, 9.17) is 16.3 Å². The van der Waals surface area contributed by atoms with Gasteiger partial charge in [-0.3, -0.25) is 4.79 Å². The van der Waals surface area contributed by atoms with E-state index < -0.39 is 11.4 Å². The second kappa shape index (κ2) is 6.01. The van der Waals surface area contributed by atoms with Gasteiger partial charge in [0.15, 0.2) is 11.6 Å². The Morgan fingerprint density at radius 1 is 1.36 bits per heavy atom. The first kappa shape index (κ1) is 15.5. The molecule has 1 aliphatic heterocycles. The van der Waals surface area contributed by atoms with Crippen molar-refractivity contribution >= 4 is 23.3 Å². The van der Waals surface area contributed by atoms with Gasteiger partial charge in [-0.1, -0.05) is 11.6 Å². The van der Waals surface area contributed by atoms with Crippen LogP contribution in [-0.4, -0.2) is 54.7 Å². The smallest absolute Gasteiger partial charge is 0.254 e. The Bertz CT molecular complexity index is 580. The molecular formula is C15H19ClFN3O2. The summed E-state index contributed by atoms with van der Waals surface area (Å²) >= 11 is 5.74. The summed E-state index contributed by atoms with van der Waals surface area (Å²) in [6, 6.07) is 1.27. The van der Waals surface area contributed by atoms with Crippen molar-refractivity contribution in [1.29, 1.82) is 0 Å². The number of hydrogen-bond donors (Lipinski definition) is 0. The summed E-state index contributed by atoms with van der Waals surface area (Å²) in [4.78, 5) is 20.3. The van der Waals surface area contributed by atoms with Crippen LogP contribution in [0.2, 0.25) is 5.02 Å². The molecule has 2 fully saturated rings. The van der Waals surface area contributed by atoms with Gasteiger partial charge in [-0.25, -0.2) is 9.37 Å². The maximum absolute atomic E-state index is 14.0. The first-order chi connectivity index (χ1) is 10.6. The van der Waals surface area contributed by atoms with Crippen LogP contribution >= 0.6 is 11.6 Å². The lowest BCUT2D eigenvalue weighted by molar-refractivity contribution is -0.144. The summed E-state index contributed by atoms with van der Waals surface area (Å²) in [5.41, 5.74) is -0.598. The third kappa shape index (κ3) is 2.90. The summed E-state index contributed by atoms with van der Waals surface area (Å²) in [7, 11) is 1.59. The zero-order valence-electron chi connectivity index (χ0n) is 12.5. The molecule has 0 N–H and O–H groups in total. The minimum absolute atomic E-state index is 0.0568. The molecule has 0 aromatic carbocycles. The van der Waals surface area contributed by atoms with Crippen LogP contribution < -0.4 is 4.90 Å². The van der Waals surface area contributed by atoms with Gasteiger partial charge in [0.1, 0.15) is 5.60 Å². The molecule has 1 saturated carbocycles. The van der Waals surface area contributed by atoms with E-state index in [1.54, 1.807) is 7.11 Å². The lowest BCUT2D eigenvalue weighted by Crippen LogP contribution is -2.43. The Morgan fingerprint density at radius 2 is 2.14 bits per heavy atom. The molecule has 3 rings (SSSR count). The zero-order chi connectivity index (χ0) is 15.7. The number of pyridine rings is 1. The van der Waals surface area contributed by atoms with E-state index in [1.807, 2.05) is 9.80 Å². The molecule has 120 valence electrons. The molecule has 2 aliphatic rings. The predicted octanol–water partition coefficient (Wildman–Crippen LogP) is 2.09. The van der Waals surface area contributed by atoms with Gasteiger partial charge in [0.05, 0.1) is 5.02 Å². The molecule has 5 nitrogen and oxygen atoms in total. The minimum atomic E-state index is -0.598. The summed E-state index contributed by atoms with van der Waals surface area (Å²) in [5.74, 6) is -0.0733. The molecule has 1 saturated heterocycles. The van der Waals surface area contributed by atoms with Crippen LogP contribution in [0.5, 0.6) is 0 Å². The number of aromatic nitrogens is 1. The Hall–Kier alpha value is -1.40. The second-order valence-electron chi connectivity index (χ2n) is 5.79. The van der Waals surface area contributed by atoms with Crippen LogP contribution in [-0.2, 0) is 9.53 Å². The SMILES string of the molecule is COC1(C(=O)N2CCCN(c3ncc(Cl)cc3F)CC2)CC1. The van der Waals surface area contributed by atoms with Gasteiger partial charge in [-0.05, 0) is 25.3 Å². The predicted molar refractivity (Wildman–Crippen MR) is 81.6 cm³/mol. The molecule has 1 aliphatic carbocycles. The topological polar surface area (TPSA) is 45.7 Å². The van der Waals surface area contributed by atoms with Crippen molar-refractivity contribution < 1.29 is 13.9 Å². The van der Waals surface area contributed by atoms with Crippen molar-refractivity contribution in [3.8, 4) is 0 Å². The van der Waals surface area contributed by atoms with E-state index in [0.717, 1.165) is 19.3 Å².